The molecule has 0 saturated heterocycles. The van der Waals surface area contributed by atoms with Crippen LogP contribution in [-0.2, 0) is 18.8 Å². The Morgan fingerprint density at radius 3 is 2.50 bits per heavy atom. The molecular formula is C13H14N4O5. The molecule has 0 saturated carbocycles. The van der Waals surface area contributed by atoms with Gasteiger partial charge in [-0.2, -0.15) is 0 Å². The Balaban J connectivity index is 2.23. The lowest BCUT2D eigenvalue weighted by molar-refractivity contribution is -0.391. The van der Waals surface area contributed by atoms with E-state index in [0.717, 1.165) is 0 Å². The molecule has 0 aliphatic carbocycles. The number of anilines is 1. The molecule has 2 aromatic rings. The first-order valence-electron chi connectivity index (χ1n) is 6.21. The maximum Gasteiger partial charge on any atom is 0.354 e. The third-order valence-electron chi connectivity index (χ3n) is 3.17. The van der Waals surface area contributed by atoms with E-state index in [0.29, 0.717) is 5.69 Å². The molecule has 2 aromatic heterocycles. The molecule has 0 fully saturated rings. The fourth-order valence-electron chi connectivity index (χ4n) is 2.05. The quantitative estimate of drug-likeness (QED) is 0.520. The van der Waals surface area contributed by atoms with Crippen LogP contribution in [0.3, 0.4) is 0 Å². The van der Waals surface area contributed by atoms with Crippen molar-refractivity contribution >= 4 is 23.4 Å². The third-order valence-corrected chi connectivity index (χ3v) is 3.17. The number of carbonyl (C=O) groups excluding carboxylic acids is 2. The van der Waals surface area contributed by atoms with Crippen LogP contribution in [0, 0.1) is 10.1 Å². The topological polar surface area (TPSA) is 108 Å². The van der Waals surface area contributed by atoms with Crippen molar-refractivity contribution < 1.29 is 19.2 Å². The first kappa shape index (κ1) is 15.3. The molecule has 116 valence electrons. The standard InChI is InChI=1S/C13H14N4O5/c1-15-7-8(6-10(15)13(19)22-3)14-12(18)9-4-5-11(16(9)2)17(20)21/h4-7H,1-3H3,(H,14,18). The Hall–Kier alpha value is -3.10. The van der Waals surface area contributed by atoms with Gasteiger partial charge in [-0.05, 0) is 17.1 Å². The SMILES string of the molecule is COC(=O)c1cc(NC(=O)c2ccc([N+](=O)[O-])n2C)cn1C. The van der Waals surface area contributed by atoms with Crippen LogP contribution in [0.1, 0.15) is 21.0 Å². The maximum absolute atomic E-state index is 12.2. The molecule has 1 amide bonds. The maximum atomic E-state index is 12.2. The van der Waals surface area contributed by atoms with Crippen LogP contribution in [0.2, 0.25) is 0 Å². The van der Waals surface area contributed by atoms with Gasteiger partial charge in [0.05, 0.1) is 19.8 Å². The summed E-state index contributed by atoms with van der Waals surface area (Å²) in [6.07, 6.45) is 1.54. The number of hydrogen-bond donors (Lipinski definition) is 1. The van der Waals surface area contributed by atoms with Gasteiger partial charge in [0.1, 0.15) is 5.69 Å². The number of carbonyl (C=O) groups is 2. The van der Waals surface area contributed by atoms with E-state index in [2.05, 4.69) is 10.1 Å². The smallest absolute Gasteiger partial charge is 0.354 e. The van der Waals surface area contributed by atoms with E-state index < -0.39 is 16.8 Å². The molecule has 0 spiro atoms. The summed E-state index contributed by atoms with van der Waals surface area (Å²) in [5, 5.41) is 13.4. The molecule has 0 radical (unpaired) electrons. The lowest BCUT2D eigenvalue weighted by Gasteiger charge is -2.01. The monoisotopic (exact) mass is 306 g/mol. The van der Waals surface area contributed by atoms with Crippen molar-refractivity contribution in [3.63, 3.8) is 0 Å². The zero-order chi connectivity index (χ0) is 16.4. The number of aryl methyl sites for hydroxylation is 1. The number of nitro groups is 1. The normalized spacial score (nSPS) is 10.3. The molecule has 22 heavy (non-hydrogen) atoms. The second kappa shape index (κ2) is 5.72. The molecule has 0 atom stereocenters. The van der Waals surface area contributed by atoms with Gasteiger partial charge < -0.3 is 24.7 Å². The van der Waals surface area contributed by atoms with Crippen molar-refractivity contribution in [1.82, 2.24) is 9.13 Å². The van der Waals surface area contributed by atoms with E-state index in [-0.39, 0.29) is 17.2 Å². The molecule has 0 aliphatic heterocycles. The highest BCUT2D eigenvalue weighted by Crippen LogP contribution is 2.18. The number of methoxy groups -OCH3 is 1. The summed E-state index contributed by atoms with van der Waals surface area (Å²) < 4.78 is 7.31. The molecule has 0 aliphatic rings. The fraction of sp³-hybridized carbons (Fsp3) is 0.231. The number of hydrogen-bond acceptors (Lipinski definition) is 5. The van der Waals surface area contributed by atoms with Crippen molar-refractivity contribution in [2.75, 3.05) is 12.4 Å². The Labute approximate surface area is 125 Å². The van der Waals surface area contributed by atoms with Crippen LogP contribution in [0.4, 0.5) is 11.5 Å². The lowest BCUT2D eigenvalue weighted by atomic mass is 10.3. The van der Waals surface area contributed by atoms with Gasteiger partial charge >= 0.3 is 11.8 Å². The van der Waals surface area contributed by atoms with E-state index >= 15 is 0 Å². The second-order valence-corrected chi connectivity index (χ2v) is 4.56. The molecule has 2 heterocycles. The minimum atomic E-state index is -0.575. The molecule has 0 bridgehead atoms. The van der Waals surface area contributed by atoms with E-state index in [9.17, 15) is 19.7 Å². The predicted octanol–water partition coefficient (Wildman–Crippen LogP) is 1.31. The van der Waals surface area contributed by atoms with Crippen molar-refractivity contribution in [2.24, 2.45) is 14.1 Å². The van der Waals surface area contributed by atoms with Gasteiger partial charge in [-0.1, -0.05) is 0 Å². The molecule has 9 nitrogen and oxygen atoms in total. The average molecular weight is 306 g/mol. The van der Waals surface area contributed by atoms with Gasteiger partial charge in [-0.15, -0.1) is 0 Å². The third kappa shape index (κ3) is 2.68. The van der Waals surface area contributed by atoms with E-state index in [1.807, 2.05) is 0 Å². The van der Waals surface area contributed by atoms with E-state index in [1.54, 1.807) is 13.2 Å². The zero-order valence-electron chi connectivity index (χ0n) is 12.2. The zero-order valence-corrected chi connectivity index (χ0v) is 12.2. The van der Waals surface area contributed by atoms with Crippen LogP contribution in [0.5, 0.6) is 0 Å². The Morgan fingerprint density at radius 2 is 1.95 bits per heavy atom. The highest BCUT2D eigenvalue weighted by atomic mass is 16.6. The number of aromatic nitrogens is 2. The van der Waals surface area contributed by atoms with Gasteiger partial charge in [0.15, 0.2) is 5.69 Å². The number of amides is 1. The molecule has 9 heteroatoms. The number of ether oxygens (including phenoxy) is 1. The van der Waals surface area contributed by atoms with Gasteiger partial charge in [-0.25, -0.2) is 9.36 Å². The van der Waals surface area contributed by atoms with E-state index in [1.165, 1.54) is 41.5 Å². The molecule has 0 aromatic carbocycles. The van der Waals surface area contributed by atoms with Crippen molar-refractivity contribution in [2.45, 2.75) is 0 Å². The van der Waals surface area contributed by atoms with Crippen LogP contribution in [0.25, 0.3) is 0 Å². The summed E-state index contributed by atoms with van der Waals surface area (Å²) in [5.41, 5.74) is 0.794. The summed E-state index contributed by atoms with van der Waals surface area (Å²) in [6, 6.07) is 4.07. The Bertz CT molecular complexity index is 759. The van der Waals surface area contributed by atoms with Gasteiger partial charge in [0.2, 0.25) is 0 Å². The minimum Gasteiger partial charge on any atom is -0.464 e. The highest BCUT2D eigenvalue weighted by Gasteiger charge is 2.21. The van der Waals surface area contributed by atoms with Gasteiger partial charge in [0.25, 0.3) is 5.91 Å². The summed E-state index contributed by atoms with van der Waals surface area (Å²) in [7, 11) is 4.32. The van der Waals surface area contributed by atoms with Crippen LogP contribution < -0.4 is 5.32 Å². The van der Waals surface area contributed by atoms with Crippen molar-refractivity contribution in [1.29, 1.82) is 0 Å². The number of esters is 1. The molecular weight excluding hydrogens is 292 g/mol. The second-order valence-electron chi connectivity index (χ2n) is 4.56. The van der Waals surface area contributed by atoms with Gasteiger partial charge in [0, 0.05) is 19.3 Å². The number of nitrogens with one attached hydrogen (secondary N) is 1. The average Bonchev–Trinajstić information content (AvgIpc) is 3.01. The summed E-state index contributed by atoms with van der Waals surface area (Å²) in [6.45, 7) is 0. The fourth-order valence-corrected chi connectivity index (χ4v) is 2.05. The van der Waals surface area contributed by atoms with Crippen LogP contribution >= 0.6 is 0 Å². The molecule has 1 N–H and O–H groups in total. The number of nitrogens with zero attached hydrogens (tertiary/aromatic N) is 3. The van der Waals surface area contributed by atoms with Crippen LogP contribution in [0.15, 0.2) is 24.4 Å². The lowest BCUT2D eigenvalue weighted by Crippen LogP contribution is -2.15. The Morgan fingerprint density at radius 1 is 1.27 bits per heavy atom. The number of rotatable bonds is 4. The highest BCUT2D eigenvalue weighted by molar-refractivity contribution is 6.04. The first-order chi connectivity index (χ1) is 10.3. The molecule has 0 unspecified atom stereocenters. The van der Waals surface area contributed by atoms with Gasteiger partial charge in [-0.3, -0.25) is 4.79 Å². The van der Waals surface area contributed by atoms with Crippen molar-refractivity contribution in [3.8, 4) is 0 Å². The first-order valence-corrected chi connectivity index (χ1v) is 6.21. The largest absolute Gasteiger partial charge is 0.464 e. The molecule has 2 rings (SSSR count). The minimum absolute atomic E-state index is 0.134. The van der Waals surface area contributed by atoms with E-state index in [4.69, 9.17) is 0 Å². The van der Waals surface area contributed by atoms with Crippen LogP contribution in [-0.4, -0.2) is 33.0 Å². The van der Waals surface area contributed by atoms with Crippen molar-refractivity contribution in [3.05, 3.63) is 45.9 Å². The predicted molar refractivity (Wildman–Crippen MR) is 76.8 cm³/mol. The summed E-state index contributed by atoms with van der Waals surface area (Å²) in [4.78, 5) is 33.8. The Kier molecular flexibility index (Phi) is 3.97. The summed E-state index contributed by atoms with van der Waals surface area (Å²) in [5.74, 6) is -1.23. The summed E-state index contributed by atoms with van der Waals surface area (Å²) >= 11 is 0.